The summed E-state index contributed by atoms with van der Waals surface area (Å²) in [6, 6.07) is 0. The van der Waals surface area contributed by atoms with Gasteiger partial charge in [0.25, 0.3) is 0 Å². The highest BCUT2D eigenvalue weighted by atomic mass is 15.3. The van der Waals surface area contributed by atoms with Gasteiger partial charge in [-0.3, -0.25) is 0 Å². The monoisotopic (exact) mass is 117 g/mol. The number of hydrogen-bond acceptors (Lipinski definition) is 1. The Kier molecular flexibility index (Phi) is 3.02. The Morgan fingerprint density at radius 3 is 1.88 bits per heavy atom. The van der Waals surface area contributed by atoms with Crippen LogP contribution in [0.5, 0.6) is 0 Å². The normalized spacial score (nSPS) is 12.0. The summed E-state index contributed by atoms with van der Waals surface area (Å²) in [6.07, 6.45) is 0. The molecule has 0 saturated carbocycles. The van der Waals surface area contributed by atoms with Crippen LogP contribution in [-0.4, -0.2) is 45.8 Å². The predicted octanol–water partition coefficient (Wildman–Crippen LogP) is -0.0880. The summed E-state index contributed by atoms with van der Waals surface area (Å²) in [5.74, 6) is 0. The molecule has 0 bridgehead atoms. The molecule has 50 valence electrons. The van der Waals surface area contributed by atoms with Crippen LogP contribution >= 0.6 is 0 Å². The van der Waals surface area contributed by atoms with Crippen LogP contribution in [0.2, 0.25) is 0 Å². The molecule has 0 aromatic heterocycles. The van der Waals surface area contributed by atoms with E-state index in [9.17, 15) is 0 Å². The van der Waals surface area contributed by atoms with Crippen LogP contribution in [-0.2, 0) is 0 Å². The van der Waals surface area contributed by atoms with Crippen molar-refractivity contribution in [1.29, 1.82) is 0 Å². The average molecular weight is 117 g/mol. The Labute approximate surface area is 52.1 Å². The number of nitrogens with zero attached hydrogens (tertiary/aromatic N) is 1. The maximum atomic E-state index is 3.11. The van der Waals surface area contributed by atoms with Crippen molar-refractivity contribution < 1.29 is 4.48 Å². The largest absolute Gasteiger partial charge is 0.330 e. The smallest absolute Gasteiger partial charge is 0.0907 e. The summed E-state index contributed by atoms with van der Waals surface area (Å²) in [6.45, 7) is 2.29. The molecule has 0 aliphatic heterocycles. The first-order valence-electron chi connectivity index (χ1n) is 3.01. The molecule has 0 aliphatic rings. The summed E-state index contributed by atoms with van der Waals surface area (Å²) in [5.41, 5.74) is 0. The van der Waals surface area contributed by atoms with Gasteiger partial charge in [0.1, 0.15) is 0 Å². The molecule has 0 aliphatic carbocycles. The lowest BCUT2D eigenvalue weighted by Crippen LogP contribution is -2.39. The quantitative estimate of drug-likeness (QED) is 0.509. The van der Waals surface area contributed by atoms with E-state index in [0.29, 0.717) is 0 Å². The van der Waals surface area contributed by atoms with E-state index in [-0.39, 0.29) is 0 Å². The van der Waals surface area contributed by atoms with Gasteiger partial charge in [-0.25, -0.2) is 0 Å². The summed E-state index contributed by atoms with van der Waals surface area (Å²) in [7, 11) is 8.56. The molecule has 2 nitrogen and oxygen atoms in total. The second kappa shape index (κ2) is 3.05. The minimum Gasteiger partial charge on any atom is -0.330 e. The van der Waals surface area contributed by atoms with E-state index < -0.39 is 0 Å². The van der Waals surface area contributed by atoms with Crippen molar-refractivity contribution in [3.8, 4) is 0 Å². The van der Waals surface area contributed by atoms with Crippen molar-refractivity contribution in [1.82, 2.24) is 5.32 Å². The van der Waals surface area contributed by atoms with Gasteiger partial charge in [-0.15, -0.1) is 0 Å². The van der Waals surface area contributed by atoms with Gasteiger partial charge in [-0.05, 0) is 7.05 Å². The summed E-state index contributed by atoms with van der Waals surface area (Å²) >= 11 is 0. The molecular weight excluding hydrogens is 100 g/mol. The molecule has 1 N–H and O–H groups in total. The van der Waals surface area contributed by atoms with Crippen LogP contribution < -0.4 is 5.32 Å². The maximum Gasteiger partial charge on any atom is 0.0907 e. The minimum absolute atomic E-state index is 1.04. The molecule has 0 amide bonds. The van der Waals surface area contributed by atoms with Crippen molar-refractivity contribution in [2.24, 2.45) is 0 Å². The number of rotatable bonds is 3. The van der Waals surface area contributed by atoms with Gasteiger partial charge in [0, 0.05) is 6.54 Å². The third kappa shape index (κ3) is 5.92. The van der Waals surface area contributed by atoms with E-state index in [0.717, 1.165) is 11.0 Å². The highest BCUT2D eigenvalue weighted by Gasteiger charge is 2.02. The molecule has 0 aromatic rings. The molecule has 0 saturated heterocycles. The highest BCUT2D eigenvalue weighted by Crippen LogP contribution is 1.84. The fourth-order valence-corrected chi connectivity index (χ4v) is 0.447. The SMILES string of the molecule is CNCC[N+](C)(C)C. The fraction of sp³-hybridized carbons (Fsp3) is 1.00. The molecule has 0 fully saturated rings. The molecular formula is C6H17N2+. The first kappa shape index (κ1) is 7.92. The van der Waals surface area contributed by atoms with Gasteiger partial charge in [-0.2, -0.15) is 0 Å². The zero-order valence-corrected chi connectivity index (χ0v) is 6.36. The molecule has 2 heteroatoms. The van der Waals surface area contributed by atoms with Crippen molar-refractivity contribution in [2.75, 3.05) is 41.3 Å². The van der Waals surface area contributed by atoms with E-state index in [2.05, 4.69) is 26.5 Å². The second-order valence-corrected chi connectivity index (χ2v) is 3.12. The Bertz CT molecular complexity index is 54.0. The summed E-state index contributed by atoms with van der Waals surface area (Å²) in [5, 5.41) is 3.11. The topological polar surface area (TPSA) is 12.0 Å². The van der Waals surface area contributed by atoms with Gasteiger partial charge in [-0.1, -0.05) is 0 Å². The van der Waals surface area contributed by atoms with E-state index in [1.165, 1.54) is 6.54 Å². The second-order valence-electron chi connectivity index (χ2n) is 3.12. The van der Waals surface area contributed by atoms with Crippen molar-refractivity contribution in [3.05, 3.63) is 0 Å². The van der Waals surface area contributed by atoms with Crippen molar-refractivity contribution in [3.63, 3.8) is 0 Å². The highest BCUT2D eigenvalue weighted by molar-refractivity contribution is 4.32. The third-order valence-electron chi connectivity index (χ3n) is 1.03. The van der Waals surface area contributed by atoms with Gasteiger partial charge < -0.3 is 9.80 Å². The van der Waals surface area contributed by atoms with Crippen molar-refractivity contribution in [2.45, 2.75) is 0 Å². The first-order chi connectivity index (χ1) is 3.56. The van der Waals surface area contributed by atoms with E-state index >= 15 is 0 Å². The first-order valence-corrected chi connectivity index (χ1v) is 3.01. The molecule has 0 heterocycles. The van der Waals surface area contributed by atoms with Crippen LogP contribution in [0.15, 0.2) is 0 Å². The Morgan fingerprint density at radius 2 is 1.75 bits per heavy atom. The van der Waals surface area contributed by atoms with Crippen LogP contribution in [0.1, 0.15) is 0 Å². The number of likely N-dealkylation sites (N-methyl/N-ethyl adjacent to an activating group) is 2. The predicted molar refractivity (Wildman–Crippen MR) is 36.8 cm³/mol. The molecule has 0 aromatic carbocycles. The Hall–Kier alpha value is -0.0800. The van der Waals surface area contributed by atoms with Crippen LogP contribution in [0, 0.1) is 0 Å². The third-order valence-corrected chi connectivity index (χ3v) is 1.03. The van der Waals surface area contributed by atoms with Gasteiger partial charge in [0.2, 0.25) is 0 Å². The molecule has 0 unspecified atom stereocenters. The lowest BCUT2D eigenvalue weighted by atomic mass is 10.5. The number of nitrogens with one attached hydrogen (secondary N) is 1. The van der Waals surface area contributed by atoms with E-state index in [1.54, 1.807) is 0 Å². The molecule has 0 spiro atoms. The zero-order valence-electron chi connectivity index (χ0n) is 6.36. The van der Waals surface area contributed by atoms with Gasteiger partial charge in [0.15, 0.2) is 0 Å². The molecule has 0 radical (unpaired) electrons. The lowest BCUT2D eigenvalue weighted by Gasteiger charge is -2.23. The van der Waals surface area contributed by atoms with Gasteiger partial charge >= 0.3 is 0 Å². The van der Waals surface area contributed by atoms with Gasteiger partial charge in [0.05, 0.1) is 27.7 Å². The number of quaternary nitrogens is 1. The van der Waals surface area contributed by atoms with E-state index in [4.69, 9.17) is 0 Å². The summed E-state index contributed by atoms with van der Waals surface area (Å²) in [4.78, 5) is 0. The Balaban J connectivity index is 3.11. The zero-order chi connectivity index (χ0) is 6.62. The number of hydrogen-bond donors (Lipinski definition) is 1. The standard InChI is InChI=1S/C6H17N2/c1-7-5-6-8(2,3)4/h7H,5-6H2,1-4H3/q+1. The average Bonchev–Trinajstić information content (AvgIpc) is 1.59. The van der Waals surface area contributed by atoms with Crippen molar-refractivity contribution >= 4 is 0 Å². The van der Waals surface area contributed by atoms with E-state index in [1.807, 2.05) is 7.05 Å². The Morgan fingerprint density at radius 1 is 1.25 bits per heavy atom. The molecule has 8 heavy (non-hydrogen) atoms. The fourth-order valence-electron chi connectivity index (χ4n) is 0.447. The van der Waals surface area contributed by atoms with Crippen LogP contribution in [0.4, 0.5) is 0 Å². The molecule has 0 atom stereocenters. The molecule has 0 rings (SSSR count). The summed E-state index contributed by atoms with van der Waals surface area (Å²) < 4.78 is 1.04. The van der Waals surface area contributed by atoms with Crippen LogP contribution in [0.3, 0.4) is 0 Å². The van der Waals surface area contributed by atoms with Crippen LogP contribution in [0.25, 0.3) is 0 Å². The lowest BCUT2D eigenvalue weighted by molar-refractivity contribution is -0.869. The minimum atomic E-state index is 1.04. The maximum absolute atomic E-state index is 3.11.